The van der Waals surface area contributed by atoms with E-state index < -0.39 is 6.23 Å². The Hall–Kier alpha value is -1.85. The highest BCUT2D eigenvalue weighted by Gasteiger charge is 2.66. The summed E-state index contributed by atoms with van der Waals surface area (Å²) in [6.45, 7) is 9.22. The van der Waals surface area contributed by atoms with E-state index in [9.17, 15) is 5.11 Å². The van der Waals surface area contributed by atoms with Gasteiger partial charge in [-0.2, -0.15) is 5.26 Å². The fraction of sp³-hybridized carbons (Fsp3) is 0.500. The molecule has 1 fully saturated rings. The van der Waals surface area contributed by atoms with Gasteiger partial charge in [0.15, 0.2) is 5.16 Å². The molecule has 1 N–H and O–H groups in total. The van der Waals surface area contributed by atoms with Crippen LogP contribution in [0.3, 0.4) is 0 Å². The number of aliphatic hydroxyl groups excluding tert-OH is 1. The average molecular weight is 445 g/mol. The van der Waals surface area contributed by atoms with Gasteiger partial charge < -0.3 is 9.84 Å². The molecule has 8 heteroatoms. The summed E-state index contributed by atoms with van der Waals surface area (Å²) < 4.78 is 6.37. The summed E-state index contributed by atoms with van der Waals surface area (Å²) in [5.41, 5.74) is 1.63. The molecular weight excluding hydrogens is 420 g/mol. The second-order valence-electron chi connectivity index (χ2n) is 9.10. The largest absolute Gasteiger partial charge is 0.489 e. The number of halogens is 1. The van der Waals surface area contributed by atoms with Gasteiger partial charge in [-0.1, -0.05) is 51.1 Å². The molecule has 2 heterocycles. The lowest BCUT2D eigenvalue weighted by molar-refractivity contribution is -0.235. The van der Waals surface area contributed by atoms with Gasteiger partial charge in [0.1, 0.15) is 24.2 Å². The Morgan fingerprint density at radius 2 is 2.00 bits per heavy atom. The van der Waals surface area contributed by atoms with Crippen molar-refractivity contribution in [3.8, 4) is 11.8 Å². The molecular formula is C22H25ClN4O2S. The zero-order valence-corrected chi connectivity index (χ0v) is 19.3. The van der Waals surface area contributed by atoms with Crippen LogP contribution in [0, 0.1) is 22.2 Å². The Bertz CT molecular complexity index is 1020. The molecule has 2 aromatic rings. The van der Waals surface area contributed by atoms with E-state index in [0.717, 1.165) is 11.3 Å². The summed E-state index contributed by atoms with van der Waals surface area (Å²) in [6.07, 6.45) is 2.86. The van der Waals surface area contributed by atoms with Gasteiger partial charge >= 0.3 is 0 Å². The maximum Gasteiger partial charge on any atom is 0.187 e. The summed E-state index contributed by atoms with van der Waals surface area (Å²) >= 11 is 7.68. The lowest BCUT2D eigenvalue weighted by atomic mass is 9.49. The Kier molecular flexibility index (Phi) is 5.26. The lowest BCUT2D eigenvalue weighted by Gasteiger charge is -2.66. The zero-order chi connectivity index (χ0) is 21.8. The highest BCUT2D eigenvalue weighted by Crippen LogP contribution is 2.60. The third-order valence-corrected chi connectivity index (χ3v) is 7.27. The molecule has 1 aromatic heterocycles. The van der Waals surface area contributed by atoms with Crippen LogP contribution in [-0.2, 0) is 6.54 Å². The first-order chi connectivity index (χ1) is 14.1. The van der Waals surface area contributed by atoms with Crippen molar-refractivity contribution < 1.29 is 9.84 Å². The quantitative estimate of drug-likeness (QED) is 0.552. The predicted octanol–water partition coefficient (Wildman–Crippen LogP) is 4.41. The molecule has 6 nitrogen and oxygen atoms in total. The van der Waals surface area contributed by atoms with Crippen molar-refractivity contribution in [1.29, 1.82) is 5.26 Å². The highest BCUT2D eigenvalue weighted by atomic mass is 35.5. The van der Waals surface area contributed by atoms with Crippen LogP contribution >= 0.6 is 23.4 Å². The number of rotatable bonds is 4. The summed E-state index contributed by atoms with van der Waals surface area (Å²) in [6, 6.07) is 7.30. The molecule has 0 spiro atoms. The Morgan fingerprint density at radius 1 is 1.30 bits per heavy atom. The van der Waals surface area contributed by atoms with Crippen LogP contribution in [0.15, 0.2) is 29.6 Å². The number of hydrogen-bond donors (Lipinski definition) is 1. The summed E-state index contributed by atoms with van der Waals surface area (Å²) in [7, 11) is 0. The Balaban J connectivity index is 1.58. The molecule has 0 bridgehead atoms. The fourth-order valence-corrected chi connectivity index (χ4v) is 6.15. The van der Waals surface area contributed by atoms with Gasteiger partial charge in [0.2, 0.25) is 0 Å². The third-order valence-electron chi connectivity index (χ3n) is 6.39. The van der Waals surface area contributed by atoms with Gasteiger partial charge in [0, 0.05) is 41.2 Å². The minimum Gasteiger partial charge on any atom is -0.489 e. The monoisotopic (exact) mass is 444 g/mol. The molecule has 4 rings (SSSR count). The van der Waals surface area contributed by atoms with Gasteiger partial charge in [-0.3, -0.25) is 4.90 Å². The van der Waals surface area contributed by atoms with Crippen molar-refractivity contribution >= 4 is 23.4 Å². The minimum absolute atomic E-state index is 0.0748. The van der Waals surface area contributed by atoms with E-state index in [1.165, 1.54) is 11.8 Å². The highest BCUT2D eigenvalue weighted by molar-refractivity contribution is 7.98. The normalized spacial score (nSPS) is 26.5. The smallest absolute Gasteiger partial charge is 0.187 e. The maximum absolute atomic E-state index is 11.0. The molecule has 1 saturated carbocycles. The average Bonchev–Trinajstić information content (AvgIpc) is 3.00. The number of aliphatic hydroxyl groups is 1. The molecule has 1 unspecified atom stereocenters. The second kappa shape index (κ2) is 7.38. The van der Waals surface area contributed by atoms with E-state index in [-0.39, 0.29) is 23.0 Å². The standard InChI is InChI=1S/C22H25ClN4O2S/c1-21(2)18(27-11-16-14(17(27)28)10-25-20(26-16)30-5)22(3,4)19(21)29-13-7-6-12(9-24)15(23)8-13/h6-8,10,17-19,28H,11H2,1-5H3/t17?,18-,19-. The van der Waals surface area contributed by atoms with E-state index in [0.29, 0.717) is 28.0 Å². The van der Waals surface area contributed by atoms with Crippen molar-refractivity contribution in [1.82, 2.24) is 14.9 Å². The molecule has 158 valence electrons. The van der Waals surface area contributed by atoms with Gasteiger partial charge in [0.25, 0.3) is 0 Å². The number of aromatic nitrogens is 2. The molecule has 2 aliphatic rings. The van der Waals surface area contributed by atoms with Crippen LogP contribution in [0.5, 0.6) is 5.75 Å². The molecule has 1 aliphatic heterocycles. The predicted molar refractivity (Wildman–Crippen MR) is 116 cm³/mol. The van der Waals surface area contributed by atoms with E-state index in [4.69, 9.17) is 21.6 Å². The summed E-state index contributed by atoms with van der Waals surface area (Å²) in [5, 5.41) is 21.2. The lowest BCUT2D eigenvalue weighted by Crippen LogP contribution is -2.74. The number of benzene rings is 1. The zero-order valence-electron chi connectivity index (χ0n) is 17.7. The van der Waals surface area contributed by atoms with E-state index >= 15 is 0 Å². The van der Waals surface area contributed by atoms with E-state index in [2.05, 4.69) is 48.6 Å². The molecule has 0 amide bonds. The SMILES string of the molecule is CSc1ncc2c(n1)CN([C@H]1C(C)(C)[C@H](Oc3ccc(C#N)c(Cl)c3)C1(C)C)C2O. The van der Waals surface area contributed by atoms with Crippen LogP contribution in [0.1, 0.15) is 50.7 Å². The first-order valence-corrected chi connectivity index (χ1v) is 11.4. The van der Waals surface area contributed by atoms with Crippen LogP contribution in [0.2, 0.25) is 5.02 Å². The number of nitriles is 1. The number of fused-ring (bicyclic) bond motifs is 1. The van der Waals surface area contributed by atoms with Crippen molar-refractivity contribution in [2.24, 2.45) is 10.8 Å². The number of ether oxygens (including phenoxy) is 1. The molecule has 1 aromatic carbocycles. The van der Waals surface area contributed by atoms with E-state index in [1.807, 2.05) is 6.26 Å². The molecule has 0 radical (unpaired) electrons. The van der Waals surface area contributed by atoms with Crippen LogP contribution in [0.25, 0.3) is 0 Å². The van der Waals surface area contributed by atoms with Gasteiger partial charge in [-0.25, -0.2) is 9.97 Å². The number of thioether (sulfide) groups is 1. The Morgan fingerprint density at radius 3 is 2.60 bits per heavy atom. The molecule has 1 atom stereocenters. The van der Waals surface area contributed by atoms with Crippen molar-refractivity contribution in [2.75, 3.05) is 6.26 Å². The second-order valence-corrected chi connectivity index (χ2v) is 10.3. The first-order valence-electron chi connectivity index (χ1n) is 9.81. The van der Waals surface area contributed by atoms with E-state index in [1.54, 1.807) is 24.4 Å². The molecule has 30 heavy (non-hydrogen) atoms. The fourth-order valence-electron chi connectivity index (χ4n) is 5.58. The van der Waals surface area contributed by atoms with Crippen LogP contribution < -0.4 is 4.74 Å². The minimum atomic E-state index is -0.732. The third kappa shape index (κ3) is 3.18. The van der Waals surface area contributed by atoms with Gasteiger partial charge in [0.05, 0.1) is 16.3 Å². The topological polar surface area (TPSA) is 82.3 Å². The van der Waals surface area contributed by atoms with Crippen molar-refractivity contribution in [3.05, 3.63) is 46.2 Å². The molecule has 0 saturated heterocycles. The number of hydrogen-bond acceptors (Lipinski definition) is 7. The Labute approximate surface area is 186 Å². The maximum atomic E-state index is 11.0. The van der Waals surface area contributed by atoms with Crippen molar-refractivity contribution in [3.63, 3.8) is 0 Å². The first kappa shape index (κ1) is 21.4. The van der Waals surface area contributed by atoms with Crippen molar-refractivity contribution in [2.45, 2.75) is 57.8 Å². The summed E-state index contributed by atoms with van der Waals surface area (Å²) in [5.74, 6) is 0.643. The molecule has 1 aliphatic carbocycles. The van der Waals surface area contributed by atoms with Crippen LogP contribution in [-0.4, -0.2) is 38.4 Å². The van der Waals surface area contributed by atoms with Gasteiger partial charge in [-0.05, 0) is 18.4 Å². The van der Waals surface area contributed by atoms with Crippen LogP contribution in [0.4, 0.5) is 0 Å². The van der Waals surface area contributed by atoms with Gasteiger partial charge in [-0.15, -0.1) is 0 Å². The summed E-state index contributed by atoms with van der Waals surface area (Å²) in [4.78, 5) is 11.0. The number of nitrogens with zero attached hydrogens (tertiary/aromatic N) is 4.